The SMILES string of the molecule is O=[SH](=O)OCC(F)(F)CO[SH](=O)=O. The van der Waals surface area contributed by atoms with Crippen molar-refractivity contribution in [1.29, 1.82) is 0 Å². The van der Waals surface area contributed by atoms with Crippen molar-refractivity contribution < 1.29 is 34.0 Å². The smallest absolute Gasteiger partial charge is 0.266 e. The second kappa shape index (κ2) is 5.42. The highest BCUT2D eigenvalue weighted by molar-refractivity contribution is 7.67. The van der Waals surface area contributed by atoms with Crippen LogP contribution < -0.4 is 0 Å². The Hall–Kier alpha value is -0.320. The monoisotopic (exact) mass is 240 g/mol. The van der Waals surface area contributed by atoms with Gasteiger partial charge in [0, 0.05) is 0 Å². The van der Waals surface area contributed by atoms with E-state index in [1.54, 1.807) is 0 Å². The van der Waals surface area contributed by atoms with Crippen molar-refractivity contribution in [3.8, 4) is 0 Å². The second-order valence-corrected chi connectivity index (χ2v) is 3.26. The fourth-order valence-corrected chi connectivity index (χ4v) is 0.925. The molecule has 0 aromatic carbocycles. The van der Waals surface area contributed by atoms with Gasteiger partial charge in [-0.2, -0.15) is 0 Å². The first-order valence-electron chi connectivity index (χ1n) is 2.76. The molecule has 0 saturated heterocycles. The van der Waals surface area contributed by atoms with Crippen molar-refractivity contribution in [2.45, 2.75) is 5.92 Å². The van der Waals surface area contributed by atoms with E-state index in [1.165, 1.54) is 0 Å². The third kappa shape index (κ3) is 8.02. The molecule has 10 heteroatoms. The number of alkyl halides is 2. The van der Waals surface area contributed by atoms with Crippen LogP contribution in [0, 0.1) is 0 Å². The maximum absolute atomic E-state index is 12.4. The quantitative estimate of drug-likeness (QED) is 0.562. The van der Waals surface area contributed by atoms with Gasteiger partial charge in [0.15, 0.2) is 0 Å². The van der Waals surface area contributed by atoms with Gasteiger partial charge in [0.05, 0.1) is 0 Å². The minimum atomic E-state index is -3.65. The van der Waals surface area contributed by atoms with Crippen LogP contribution in [0.3, 0.4) is 0 Å². The third-order valence-electron chi connectivity index (χ3n) is 0.762. The Bertz CT molecular complexity index is 250. The van der Waals surface area contributed by atoms with Gasteiger partial charge in [0.2, 0.25) is 0 Å². The number of hydrogen-bond acceptors (Lipinski definition) is 6. The molecule has 0 aromatic rings. The van der Waals surface area contributed by atoms with E-state index in [4.69, 9.17) is 0 Å². The van der Waals surface area contributed by atoms with Crippen LogP contribution in [0.1, 0.15) is 0 Å². The van der Waals surface area contributed by atoms with E-state index in [-0.39, 0.29) is 0 Å². The van der Waals surface area contributed by atoms with Crippen LogP contribution in [0.5, 0.6) is 0 Å². The minimum absolute atomic E-state index is 1.44. The lowest BCUT2D eigenvalue weighted by Gasteiger charge is -2.11. The largest absolute Gasteiger partial charge is 0.296 e. The zero-order valence-electron chi connectivity index (χ0n) is 6.01. The first-order valence-corrected chi connectivity index (χ1v) is 4.95. The molecule has 6 nitrogen and oxygen atoms in total. The van der Waals surface area contributed by atoms with Gasteiger partial charge in [-0.3, -0.25) is 8.37 Å². The molecule has 0 aliphatic heterocycles. The number of rotatable bonds is 6. The Labute approximate surface area is 75.8 Å². The number of thiol groups is 2. The molecule has 0 fully saturated rings. The minimum Gasteiger partial charge on any atom is -0.266 e. The molecule has 0 aliphatic carbocycles. The second-order valence-electron chi connectivity index (χ2n) is 1.85. The molecule has 0 N–H and O–H groups in total. The van der Waals surface area contributed by atoms with Crippen molar-refractivity contribution in [2.75, 3.05) is 13.2 Å². The standard InChI is InChI=1S/C3H6F2O6S2/c4-3(5,1-10-12(6)7)2-11-13(8)9/h12-13H,1-2H2. The number of halogens is 2. The van der Waals surface area contributed by atoms with Gasteiger partial charge in [-0.25, -0.2) is 25.6 Å². The average molecular weight is 240 g/mol. The molecule has 0 heterocycles. The zero-order chi connectivity index (χ0) is 10.5. The average Bonchev–Trinajstić information content (AvgIpc) is 1.98. The van der Waals surface area contributed by atoms with E-state index < -0.39 is 41.1 Å². The molecule has 0 aromatic heterocycles. The Morgan fingerprint density at radius 3 is 1.46 bits per heavy atom. The molecule has 0 amide bonds. The van der Waals surface area contributed by atoms with E-state index in [1.807, 2.05) is 0 Å². The maximum atomic E-state index is 12.4. The molecular formula is C3H6F2O6S2. The zero-order valence-corrected chi connectivity index (χ0v) is 7.80. The van der Waals surface area contributed by atoms with Crippen LogP contribution >= 0.6 is 0 Å². The topological polar surface area (TPSA) is 86.7 Å². The highest BCUT2D eigenvalue weighted by Crippen LogP contribution is 2.14. The van der Waals surface area contributed by atoms with Crippen molar-refractivity contribution in [1.82, 2.24) is 0 Å². The predicted molar refractivity (Wildman–Crippen MR) is 37.5 cm³/mol. The van der Waals surface area contributed by atoms with Crippen LogP contribution in [0.15, 0.2) is 0 Å². The van der Waals surface area contributed by atoms with E-state index in [9.17, 15) is 25.6 Å². The van der Waals surface area contributed by atoms with Gasteiger partial charge < -0.3 is 0 Å². The van der Waals surface area contributed by atoms with E-state index >= 15 is 0 Å². The summed E-state index contributed by atoms with van der Waals surface area (Å²) >= 11 is 0. The Balaban J connectivity index is 3.92. The molecule has 0 bridgehead atoms. The lowest BCUT2D eigenvalue weighted by Crippen LogP contribution is -2.29. The van der Waals surface area contributed by atoms with Crippen LogP contribution in [0.25, 0.3) is 0 Å². The van der Waals surface area contributed by atoms with Gasteiger partial charge in [0.1, 0.15) is 13.2 Å². The van der Waals surface area contributed by atoms with Gasteiger partial charge in [-0.05, 0) is 0 Å². The molecule has 0 saturated carbocycles. The summed E-state index contributed by atoms with van der Waals surface area (Å²) in [4.78, 5) is 0. The Morgan fingerprint density at radius 2 is 1.23 bits per heavy atom. The molecular weight excluding hydrogens is 234 g/mol. The fraction of sp³-hybridized carbons (Fsp3) is 1.00. The molecule has 0 rings (SSSR count). The lowest BCUT2D eigenvalue weighted by atomic mass is 10.4. The van der Waals surface area contributed by atoms with Crippen molar-refractivity contribution in [3.05, 3.63) is 0 Å². The highest BCUT2D eigenvalue weighted by atomic mass is 32.2. The molecule has 0 atom stereocenters. The summed E-state index contributed by atoms with van der Waals surface area (Å²) in [5.74, 6) is -3.65. The van der Waals surface area contributed by atoms with Crippen LogP contribution in [0.2, 0.25) is 0 Å². The molecule has 0 spiro atoms. The molecule has 0 aliphatic rings. The lowest BCUT2D eigenvalue weighted by molar-refractivity contribution is -0.0681. The van der Waals surface area contributed by atoms with Gasteiger partial charge in [-0.15, -0.1) is 0 Å². The Kier molecular flexibility index (Phi) is 5.29. The van der Waals surface area contributed by atoms with Gasteiger partial charge >= 0.3 is 0 Å². The normalized spacial score (nSPS) is 12.6. The summed E-state index contributed by atoms with van der Waals surface area (Å²) in [5.41, 5.74) is 0. The van der Waals surface area contributed by atoms with Gasteiger partial charge in [0.25, 0.3) is 27.9 Å². The summed E-state index contributed by atoms with van der Waals surface area (Å²) < 4.78 is 70.7. The highest BCUT2D eigenvalue weighted by Gasteiger charge is 2.31. The summed E-state index contributed by atoms with van der Waals surface area (Å²) in [6.45, 7) is -2.87. The van der Waals surface area contributed by atoms with E-state index in [2.05, 4.69) is 8.37 Å². The van der Waals surface area contributed by atoms with E-state index in [0.717, 1.165) is 0 Å². The van der Waals surface area contributed by atoms with Crippen molar-refractivity contribution >= 4 is 22.0 Å². The first kappa shape index (κ1) is 12.7. The third-order valence-corrected chi connectivity index (χ3v) is 1.44. The predicted octanol–water partition coefficient (Wildman–Crippen LogP) is -1.29. The molecule has 13 heavy (non-hydrogen) atoms. The van der Waals surface area contributed by atoms with Crippen LogP contribution in [-0.4, -0.2) is 36.0 Å². The number of hydrogen-bond donors (Lipinski definition) is 2. The Morgan fingerprint density at radius 1 is 0.923 bits per heavy atom. The molecule has 80 valence electrons. The summed E-state index contributed by atoms with van der Waals surface area (Å²) in [6.07, 6.45) is 0. The molecule has 0 unspecified atom stereocenters. The molecule has 0 radical (unpaired) electrons. The summed E-state index contributed by atoms with van der Waals surface area (Å²) in [7, 11) is -6.75. The fourth-order valence-electron chi connectivity index (χ4n) is 0.336. The van der Waals surface area contributed by atoms with Crippen LogP contribution in [0.4, 0.5) is 8.78 Å². The maximum Gasteiger partial charge on any atom is 0.296 e. The van der Waals surface area contributed by atoms with Crippen molar-refractivity contribution in [3.63, 3.8) is 0 Å². The first-order chi connectivity index (χ1) is 5.83. The van der Waals surface area contributed by atoms with Gasteiger partial charge in [-0.1, -0.05) is 0 Å². The van der Waals surface area contributed by atoms with Crippen LogP contribution in [-0.2, 0) is 30.3 Å². The summed E-state index contributed by atoms with van der Waals surface area (Å²) in [5, 5.41) is 0. The van der Waals surface area contributed by atoms with E-state index in [0.29, 0.717) is 0 Å². The summed E-state index contributed by atoms with van der Waals surface area (Å²) in [6, 6.07) is 0. The van der Waals surface area contributed by atoms with Crippen molar-refractivity contribution in [2.24, 2.45) is 0 Å².